The third-order valence-corrected chi connectivity index (χ3v) is 6.04. The first kappa shape index (κ1) is 24.0. The van der Waals surface area contributed by atoms with Crippen LogP contribution in [0, 0.1) is 0 Å². The normalized spacial score (nSPS) is 14.8. The van der Waals surface area contributed by atoms with E-state index in [1.807, 2.05) is 50.2 Å². The largest absolute Gasteiger partial charge is 0.490 e. The van der Waals surface area contributed by atoms with Gasteiger partial charge in [-0.25, -0.2) is 0 Å². The average Bonchev–Trinajstić information content (AvgIpc) is 3.02. The number of nitrogens with zero attached hydrogens (tertiary/aromatic N) is 1. The topological polar surface area (TPSA) is 55.8 Å². The molecule has 1 aliphatic heterocycles. The van der Waals surface area contributed by atoms with E-state index in [0.717, 1.165) is 34.9 Å². The van der Waals surface area contributed by atoms with E-state index in [2.05, 4.69) is 6.58 Å². The molecule has 0 unspecified atom stereocenters. The van der Waals surface area contributed by atoms with Gasteiger partial charge in [0.15, 0.2) is 11.5 Å². The summed E-state index contributed by atoms with van der Waals surface area (Å²) in [5, 5.41) is 0.397. The first-order valence-electron chi connectivity index (χ1n) is 10.5. The van der Waals surface area contributed by atoms with Crippen LogP contribution in [0.15, 0.2) is 54.0 Å². The van der Waals surface area contributed by atoms with Crippen molar-refractivity contribution in [2.24, 2.45) is 0 Å². The highest BCUT2D eigenvalue weighted by Crippen LogP contribution is 2.38. The molecule has 0 saturated carbocycles. The second-order valence-corrected chi connectivity index (χ2v) is 8.55. The smallest absolute Gasteiger partial charge is 0.293 e. The lowest BCUT2D eigenvalue weighted by atomic mass is 10.0. The summed E-state index contributed by atoms with van der Waals surface area (Å²) in [7, 11) is 0. The average molecular weight is 472 g/mol. The van der Waals surface area contributed by atoms with Gasteiger partial charge in [0.05, 0.1) is 11.5 Å². The molecule has 0 atom stereocenters. The van der Waals surface area contributed by atoms with Gasteiger partial charge in [0.2, 0.25) is 0 Å². The van der Waals surface area contributed by atoms with Crippen LogP contribution in [0.5, 0.6) is 11.5 Å². The van der Waals surface area contributed by atoms with E-state index >= 15 is 0 Å². The van der Waals surface area contributed by atoms with Crippen molar-refractivity contribution in [3.8, 4) is 11.5 Å². The molecule has 0 spiro atoms. The van der Waals surface area contributed by atoms with Gasteiger partial charge in [-0.05, 0) is 61.4 Å². The molecule has 2 aromatic rings. The number of rotatable bonds is 10. The number of hydrogen-bond donors (Lipinski definition) is 0. The SMILES string of the molecule is C=CCc1cc(/C=C2/SC(=O)N(CCC)C2=O)cc(OCC)c1OCc1ccccc1Cl. The Bertz CT molecular complexity index is 1050. The van der Waals surface area contributed by atoms with Crippen LogP contribution in [0.25, 0.3) is 6.08 Å². The number of hydrogen-bond acceptors (Lipinski definition) is 5. The second-order valence-electron chi connectivity index (χ2n) is 7.15. The first-order chi connectivity index (χ1) is 15.5. The molecule has 7 heteroatoms. The van der Waals surface area contributed by atoms with E-state index in [0.29, 0.717) is 47.6 Å². The lowest BCUT2D eigenvalue weighted by Crippen LogP contribution is -2.28. The molecule has 2 amide bonds. The maximum absolute atomic E-state index is 12.6. The first-order valence-corrected chi connectivity index (χ1v) is 11.7. The molecule has 168 valence electrons. The summed E-state index contributed by atoms with van der Waals surface area (Å²) >= 11 is 7.23. The molecule has 5 nitrogen and oxygen atoms in total. The minimum atomic E-state index is -0.260. The fourth-order valence-corrected chi connectivity index (χ4v) is 4.39. The maximum Gasteiger partial charge on any atom is 0.293 e. The van der Waals surface area contributed by atoms with Crippen LogP contribution in [0.2, 0.25) is 5.02 Å². The Morgan fingerprint density at radius 1 is 1.12 bits per heavy atom. The molecular weight excluding hydrogens is 446 g/mol. The molecule has 0 aliphatic carbocycles. The summed E-state index contributed by atoms with van der Waals surface area (Å²) in [5.74, 6) is 0.921. The Labute approximate surface area is 198 Å². The molecule has 1 heterocycles. The highest BCUT2D eigenvalue weighted by molar-refractivity contribution is 8.18. The molecule has 0 aromatic heterocycles. The van der Waals surface area contributed by atoms with Gasteiger partial charge in [0.25, 0.3) is 11.1 Å². The zero-order chi connectivity index (χ0) is 23.1. The van der Waals surface area contributed by atoms with E-state index in [9.17, 15) is 9.59 Å². The van der Waals surface area contributed by atoms with E-state index in [1.54, 1.807) is 12.2 Å². The van der Waals surface area contributed by atoms with Crippen LogP contribution in [0.1, 0.15) is 37.0 Å². The van der Waals surface area contributed by atoms with Gasteiger partial charge in [-0.15, -0.1) is 6.58 Å². The molecule has 0 bridgehead atoms. The Hall–Kier alpha value is -2.70. The van der Waals surface area contributed by atoms with Crippen molar-refractivity contribution in [3.63, 3.8) is 0 Å². The number of carbonyl (C=O) groups is 2. The zero-order valence-corrected chi connectivity index (χ0v) is 19.8. The summed E-state index contributed by atoms with van der Waals surface area (Å²) in [6.07, 6.45) is 4.79. The van der Waals surface area contributed by atoms with Crippen LogP contribution in [0.4, 0.5) is 4.79 Å². The van der Waals surface area contributed by atoms with Crippen molar-refractivity contribution in [1.29, 1.82) is 0 Å². The number of ether oxygens (including phenoxy) is 2. The Balaban J connectivity index is 1.95. The highest BCUT2D eigenvalue weighted by atomic mass is 35.5. The lowest BCUT2D eigenvalue weighted by Gasteiger charge is -2.17. The third kappa shape index (κ3) is 5.56. The molecule has 1 fully saturated rings. The molecule has 0 radical (unpaired) electrons. The van der Waals surface area contributed by atoms with Crippen LogP contribution in [0.3, 0.4) is 0 Å². The van der Waals surface area contributed by atoms with Crippen molar-refractivity contribution < 1.29 is 19.1 Å². The second kappa shape index (κ2) is 11.2. The number of halogens is 1. The van der Waals surface area contributed by atoms with Crippen molar-refractivity contribution in [1.82, 2.24) is 4.90 Å². The van der Waals surface area contributed by atoms with Gasteiger partial charge in [0.1, 0.15) is 6.61 Å². The third-order valence-electron chi connectivity index (χ3n) is 4.77. The van der Waals surface area contributed by atoms with Gasteiger partial charge >= 0.3 is 0 Å². The van der Waals surface area contributed by atoms with E-state index in [-0.39, 0.29) is 11.1 Å². The standard InChI is InChI=1S/C25H26ClNO4S/c1-4-9-18-13-17(15-22-24(28)27(12-5-2)25(29)32-22)14-21(30-6-3)23(18)31-16-19-10-7-8-11-20(19)26/h4,7-8,10-11,13-15H,1,5-6,9,12,16H2,2-3H3/b22-15+. The molecule has 0 N–H and O–H groups in total. The van der Waals surface area contributed by atoms with Crippen LogP contribution < -0.4 is 9.47 Å². The predicted octanol–water partition coefficient (Wildman–Crippen LogP) is 6.49. The van der Waals surface area contributed by atoms with Crippen LogP contribution in [-0.4, -0.2) is 29.2 Å². The molecule has 32 heavy (non-hydrogen) atoms. The van der Waals surface area contributed by atoms with Gasteiger partial charge in [-0.2, -0.15) is 0 Å². The Kier molecular flexibility index (Phi) is 8.42. The summed E-state index contributed by atoms with van der Waals surface area (Å²) in [6.45, 7) is 8.84. The minimum Gasteiger partial charge on any atom is -0.490 e. The minimum absolute atomic E-state index is 0.237. The van der Waals surface area contributed by atoms with E-state index < -0.39 is 0 Å². The quantitative estimate of drug-likeness (QED) is 0.292. The predicted molar refractivity (Wildman–Crippen MR) is 130 cm³/mol. The Morgan fingerprint density at radius 3 is 2.59 bits per heavy atom. The number of carbonyl (C=O) groups excluding carboxylic acids is 2. The molecule has 1 aliphatic rings. The van der Waals surface area contributed by atoms with Gasteiger partial charge < -0.3 is 9.47 Å². The highest BCUT2D eigenvalue weighted by Gasteiger charge is 2.34. The van der Waals surface area contributed by atoms with Crippen molar-refractivity contribution in [2.75, 3.05) is 13.2 Å². The molecule has 3 rings (SSSR count). The fourth-order valence-electron chi connectivity index (χ4n) is 3.33. The van der Waals surface area contributed by atoms with E-state index in [4.69, 9.17) is 21.1 Å². The Morgan fingerprint density at radius 2 is 1.91 bits per heavy atom. The van der Waals surface area contributed by atoms with Gasteiger partial charge in [-0.1, -0.05) is 42.8 Å². The number of benzene rings is 2. The van der Waals surface area contributed by atoms with Crippen molar-refractivity contribution in [3.05, 3.63) is 75.7 Å². The van der Waals surface area contributed by atoms with Gasteiger partial charge in [0, 0.05) is 22.7 Å². The molecule has 1 saturated heterocycles. The summed E-state index contributed by atoms with van der Waals surface area (Å²) < 4.78 is 12.0. The summed E-state index contributed by atoms with van der Waals surface area (Å²) in [5.41, 5.74) is 2.50. The van der Waals surface area contributed by atoms with Crippen molar-refractivity contribution in [2.45, 2.75) is 33.3 Å². The maximum atomic E-state index is 12.6. The van der Waals surface area contributed by atoms with Crippen molar-refractivity contribution >= 4 is 40.6 Å². The van der Waals surface area contributed by atoms with Crippen LogP contribution in [-0.2, 0) is 17.8 Å². The fraction of sp³-hybridized carbons (Fsp3) is 0.280. The monoisotopic (exact) mass is 471 g/mol. The molecule has 2 aromatic carbocycles. The number of thioether (sulfide) groups is 1. The number of allylic oxidation sites excluding steroid dienone is 1. The zero-order valence-electron chi connectivity index (χ0n) is 18.2. The summed E-state index contributed by atoms with van der Waals surface area (Å²) in [6, 6.07) is 11.3. The van der Waals surface area contributed by atoms with E-state index in [1.165, 1.54) is 4.90 Å². The lowest BCUT2D eigenvalue weighted by molar-refractivity contribution is -0.122. The molecular formula is C25H26ClNO4S. The number of imide groups is 1. The van der Waals surface area contributed by atoms with Crippen LogP contribution >= 0.6 is 23.4 Å². The number of amides is 2. The van der Waals surface area contributed by atoms with Gasteiger partial charge in [-0.3, -0.25) is 14.5 Å². The summed E-state index contributed by atoms with van der Waals surface area (Å²) in [4.78, 5) is 26.5.